The Hall–Kier alpha value is -0.790. The molecule has 0 amide bonds. The topological polar surface area (TPSA) is 26.3 Å². The third kappa shape index (κ3) is 25.2. The smallest absolute Gasteiger partial charge is 0.330 e. The molecule has 0 aromatic heterocycles. The number of carbonyl (C=O) groups is 1. The van der Waals surface area contributed by atoms with Gasteiger partial charge in [0.15, 0.2) is 0 Å². The van der Waals surface area contributed by atoms with E-state index in [1.165, 1.54) is 128 Å². The summed E-state index contributed by atoms with van der Waals surface area (Å²) in [6, 6.07) is 0. The van der Waals surface area contributed by atoms with E-state index in [1.807, 2.05) is 6.08 Å². The van der Waals surface area contributed by atoms with Gasteiger partial charge in [-0.1, -0.05) is 142 Å². The lowest BCUT2D eigenvalue weighted by atomic mass is 10.1. The van der Waals surface area contributed by atoms with Crippen LogP contribution in [-0.4, -0.2) is 12.6 Å². The Balaban J connectivity index is 3.23. The summed E-state index contributed by atoms with van der Waals surface area (Å²) < 4.78 is 5.30. The van der Waals surface area contributed by atoms with E-state index in [0.29, 0.717) is 6.61 Å². The van der Waals surface area contributed by atoms with Gasteiger partial charge in [0.25, 0.3) is 0 Å². The first-order valence-corrected chi connectivity index (χ1v) is 13.6. The average Bonchev–Trinajstić information content (AvgIpc) is 2.75. The summed E-state index contributed by atoms with van der Waals surface area (Å²) >= 11 is 0. The molecule has 30 heavy (non-hydrogen) atoms. The van der Waals surface area contributed by atoms with E-state index in [0.717, 1.165) is 12.8 Å². The first-order chi connectivity index (χ1) is 14.8. The van der Waals surface area contributed by atoms with Crippen molar-refractivity contribution < 1.29 is 9.53 Å². The van der Waals surface area contributed by atoms with Crippen molar-refractivity contribution in [2.75, 3.05) is 6.61 Å². The molecular formula is C28H54O2. The molecule has 0 aromatic rings. The molecule has 0 saturated carbocycles. The molecule has 2 nitrogen and oxygen atoms in total. The number of hydrogen-bond donors (Lipinski definition) is 0. The Labute approximate surface area is 189 Å². The molecule has 178 valence electrons. The van der Waals surface area contributed by atoms with E-state index in [4.69, 9.17) is 4.74 Å². The van der Waals surface area contributed by atoms with Gasteiger partial charge in [-0.3, -0.25) is 0 Å². The highest BCUT2D eigenvalue weighted by molar-refractivity contribution is 5.81. The Kier molecular flexibility index (Phi) is 25.6. The van der Waals surface area contributed by atoms with E-state index >= 15 is 0 Å². The highest BCUT2D eigenvalue weighted by Gasteiger charge is 1.98. The Bertz CT molecular complexity index is 362. The standard InChI is InChI=1S/C28H54O2/c1-3-5-7-9-11-13-15-16-17-18-20-22-24-26-28(29)30-27-25-23-21-19-14-12-10-8-6-4-2/h24,26H,3-23,25,27H2,1-2H3. The molecule has 0 heterocycles. The number of rotatable bonds is 24. The fourth-order valence-corrected chi connectivity index (χ4v) is 3.92. The van der Waals surface area contributed by atoms with Crippen LogP contribution in [0, 0.1) is 0 Å². The van der Waals surface area contributed by atoms with E-state index in [2.05, 4.69) is 13.8 Å². The van der Waals surface area contributed by atoms with Crippen molar-refractivity contribution in [3.05, 3.63) is 12.2 Å². The van der Waals surface area contributed by atoms with Gasteiger partial charge in [0.2, 0.25) is 0 Å². The summed E-state index contributed by atoms with van der Waals surface area (Å²) in [5, 5.41) is 0. The monoisotopic (exact) mass is 422 g/mol. The quantitative estimate of drug-likeness (QED) is 0.0878. The molecule has 0 unspecified atom stereocenters. The number of unbranched alkanes of at least 4 members (excludes halogenated alkanes) is 20. The molecule has 0 N–H and O–H groups in total. The molecule has 0 aliphatic carbocycles. The summed E-state index contributed by atoms with van der Waals surface area (Å²) in [5.41, 5.74) is 0. The van der Waals surface area contributed by atoms with Gasteiger partial charge in [0.1, 0.15) is 0 Å². The fourth-order valence-electron chi connectivity index (χ4n) is 3.92. The van der Waals surface area contributed by atoms with Crippen LogP contribution >= 0.6 is 0 Å². The molecule has 0 bridgehead atoms. The second-order valence-corrected chi connectivity index (χ2v) is 9.08. The van der Waals surface area contributed by atoms with Crippen LogP contribution in [0.25, 0.3) is 0 Å². The van der Waals surface area contributed by atoms with Crippen LogP contribution in [0.1, 0.15) is 155 Å². The average molecular weight is 423 g/mol. The number of hydrogen-bond acceptors (Lipinski definition) is 2. The van der Waals surface area contributed by atoms with Crippen LogP contribution in [0.5, 0.6) is 0 Å². The van der Waals surface area contributed by atoms with Crippen molar-refractivity contribution in [3.8, 4) is 0 Å². The van der Waals surface area contributed by atoms with Crippen LogP contribution in [0.4, 0.5) is 0 Å². The minimum Gasteiger partial charge on any atom is -0.463 e. The molecule has 0 rings (SSSR count). The maximum absolute atomic E-state index is 11.7. The minimum absolute atomic E-state index is 0.158. The summed E-state index contributed by atoms with van der Waals surface area (Å²) in [6.07, 6.45) is 32.7. The molecule has 0 atom stereocenters. The van der Waals surface area contributed by atoms with Crippen LogP contribution < -0.4 is 0 Å². The van der Waals surface area contributed by atoms with Crippen molar-refractivity contribution in [3.63, 3.8) is 0 Å². The molecule has 2 heteroatoms. The van der Waals surface area contributed by atoms with Crippen LogP contribution in [-0.2, 0) is 9.53 Å². The first kappa shape index (κ1) is 29.2. The molecule has 0 radical (unpaired) electrons. The molecular weight excluding hydrogens is 368 g/mol. The zero-order valence-electron chi connectivity index (χ0n) is 20.7. The molecule has 0 spiro atoms. The lowest BCUT2D eigenvalue weighted by Crippen LogP contribution is -2.02. The molecule has 0 saturated heterocycles. The number of allylic oxidation sites excluding steroid dienone is 1. The molecule has 0 aliphatic heterocycles. The van der Waals surface area contributed by atoms with Gasteiger partial charge in [-0.2, -0.15) is 0 Å². The Morgan fingerprint density at radius 3 is 1.33 bits per heavy atom. The Morgan fingerprint density at radius 1 is 0.533 bits per heavy atom. The molecule has 0 aromatic carbocycles. The summed E-state index contributed by atoms with van der Waals surface area (Å²) in [6.45, 7) is 5.12. The first-order valence-electron chi connectivity index (χ1n) is 13.6. The highest BCUT2D eigenvalue weighted by atomic mass is 16.5. The van der Waals surface area contributed by atoms with Gasteiger partial charge < -0.3 is 4.74 Å². The Morgan fingerprint density at radius 2 is 0.900 bits per heavy atom. The largest absolute Gasteiger partial charge is 0.463 e. The zero-order chi connectivity index (χ0) is 22.0. The van der Waals surface area contributed by atoms with Gasteiger partial charge in [0.05, 0.1) is 6.61 Å². The SMILES string of the molecule is CCCCCCCCCCCCCC=CC(=O)OCCCCCCCCCCCC. The number of ether oxygens (including phenoxy) is 1. The van der Waals surface area contributed by atoms with Crippen molar-refractivity contribution in [2.24, 2.45) is 0 Å². The lowest BCUT2D eigenvalue weighted by Gasteiger charge is -2.03. The fraction of sp³-hybridized carbons (Fsp3) is 0.893. The second kappa shape index (κ2) is 26.2. The maximum Gasteiger partial charge on any atom is 0.330 e. The predicted octanol–water partition coefficient (Wildman–Crippen LogP) is 9.71. The van der Waals surface area contributed by atoms with Crippen LogP contribution in [0.15, 0.2) is 12.2 Å². The normalized spacial score (nSPS) is 11.4. The van der Waals surface area contributed by atoms with E-state index < -0.39 is 0 Å². The van der Waals surface area contributed by atoms with E-state index in [1.54, 1.807) is 6.08 Å². The second-order valence-electron chi connectivity index (χ2n) is 9.08. The van der Waals surface area contributed by atoms with E-state index in [9.17, 15) is 4.79 Å². The minimum atomic E-state index is -0.158. The lowest BCUT2D eigenvalue weighted by molar-refractivity contribution is -0.137. The van der Waals surface area contributed by atoms with E-state index in [-0.39, 0.29) is 5.97 Å². The predicted molar refractivity (Wildman–Crippen MR) is 133 cm³/mol. The third-order valence-electron chi connectivity index (χ3n) is 5.97. The highest BCUT2D eigenvalue weighted by Crippen LogP contribution is 2.12. The van der Waals surface area contributed by atoms with Crippen molar-refractivity contribution >= 4 is 5.97 Å². The van der Waals surface area contributed by atoms with Gasteiger partial charge >= 0.3 is 5.97 Å². The number of esters is 1. The van der Waals surface area contributed by atoms with Crippen molar-refractivity contribution in [1.29, 1.82) is 0 Å². The van der Waals surface area contributed by atoms with Gasteiger partial charge in [0, 0.05) is 6.08 Å². The van der Waals surface area contributed by atoms with Gasteiger partial charge in [-0.25, -0.2) is 4.79 Å². The summed E-state index contributed by atoms with van der Waals surface area (Å²) in [7, 11) is 0. The van der Waals surface area contributed by atoms with Gasteiger partial charge in [-0.15, -0.1) is 0 Å². The molecule has 0 aliphatic rings. The van der Waals surface area contributed by atoms with Crippen molar-refractivity contribution in [2.45, 2.75) is 155 Å². The van der Waals surface area contributed by atoms with Crippen molar-refractivity contribution in [1.82, 2.24) is 0 Å². The van der Waals surface area contributed by atoms with Gasteiger partial charge in [-0.05, 0) is 19.3 Å². The maximum atomic E-state index is 11.7. The summed E-state index contributed by atoms with van der Waals surface area (Å²) in [4.78, 5) is 11.7. The zero-order valence-corrected chi connectivity index (χ0v) is 20.7. The summed E-state index contributed by atoms with van der Waals surface area (Å²) in [5.74, 6) is -0.158. The van der Waals surface area contributed by atoms with Crippen LogP contribution in [0.3, 0.4) is 0 Å². The molecule has 0 fully saturated rings. The third-order valence-corrected chi connectivity index (χ3v) is 5.97. The number of carbonyl (C=O) groups excluding carboxylic acids is 1. The van der Waals surface area contributed by atoms with Crippen LogP contribution in [0.2, 0.25) is 0 Å².